The molecule has 0 radical (unpaired) electrons. The number of hydrogen-bond acceptors (Lipinski definition) is 3. The third-order valence-electron chi connectivity index (χ3n) is 3.97. The van der Waals surface area contributed by atoms with E-state index >= 15 is 0 Å². The number of carbonyl (C=O) groups excluding carboxylic acids is 2. The maximum Gasteiger partial charge on any atom is 0.320 e. The Hall–Kier alpha value is -1.79. The molecule has 0 saturated carbocycles. The Bertz CT molecular complexity index is 411. The summed E-state index contributed by atoms with van der Waals surface area (Å²) in [5.41, 5.74) is 5.34. The monoisotopic (exact) mass is 299 g/mol. The van der Waals surface area contributed by atoms with Crippen LogP contribution in [-0.4, -0.2) is 58.0 Å². The van der Waals surface area contributed by atoms with E-state index in [-0.39, 0.29) is 42.9 Å². The van der Waals surface area contributed by atoms with Gasteiger partial charge in [0.15, 0.2) is 0 Å². The number of rotatable bonds is 5. The van der Waals surface area contributed by atoms with Crippen molar-refractivity contribution in [3.05, 3.63) is 0 Å². The van der Waals surface area contributed by atoms with Crippen LogP contribution in [0.15, 0.2) is 0 Å². The molecule has 0 aromatic carbocycles. The second-order valence-electron chi connectivity index (χ2n) is 5.89. The van der Waals surface area contributed by atoms with Crippen LogP contribution in [0.5, 0.6) is 0 Å². The van der Waals surface area contributed by atoms with Crippen LogP contribution in [0, 0.1) is 5.92 Å². The van der Waals surface area contributed by atoms with Gasteiger partial charge in [-0.15, -0.1) is 0 Å². The maximum absolute atomic E-state index is 12.6. The number of primary amides is 1. The van der Waals surface area contributed by atoms with Gasteiger partial charge in [0.2, 0.25) is 5.91 Å². The molecule has 0 spiro atoms. The molecule has 1 fully saturated rings. The number of piperidine rings is 1. The van der Waals surface area contributed by atoms with Crippen molar-refractivity contribution >= 4 is 17.9 Å². The van der Waals surface area contributed by atoms with Crippen molar-refractivity contribution in [2.24, 2.45) is 11.7 Å². The highest BCUT2D eigenvalue weighted by Gasteiger charge is 2.34. The number of hydrogen-bond donors (Lipinski definition) is 2. The quantitative estimate of drug-likeness (QED) is 0.786. The standard InChI is InChI=1S/C14H25N3O4/c1-9(2)16(7-6-12(18)19)14(21)17-8-11(13(15)20)5-4-10(17)3/h9-11H,4-8H2,1-3H3,(H2,15,20)(H,18,19). The van der Waals surface area contributed by atoms with Gasteiger partial charge in [0, 0.05) is 25.2 Å². The fraction of sp³-hybridized carbons (Fsp3) is 0.786. The van der Waals surface area contributed by atoms with Crippen molar-refractivity contribution in [2.75, 3.05) is 13.1 Å². The lowest BCUT2D eigenvalue weighted by Crippen LogP contribution is -2.55. The number of nitrogens with two attached hydrogens (primary N) is 1. The zero-order valence-electron chi connectivity index (χ0n) is 12.9. The Morgan fingerprint density at radius 2 is 1.95 bits per heavy atom. The number of carbonyl (C=O) groups is 3. The van der Waals surface area contributed by atoms with E-state index < -0.39 is 5.97 Å². The first kappa shape index (κ1) is 17.3. The molecule has 120 valence electrons. The number of carboxylic acids is 1. The van der Waals surface area contributed by atoms with E-state index in [0.29, 0.717) is 13.0 Å². The van der Waals surface area contributed by atoms with Crippen molar-refractivity contribution in [3.63, 3.8) is 0 Å². The average Bonchev–Trinajstić information content (AvgIpc) is 2.38. The summed E-state index contributed by atoms with van der Waals surface area (Å²) < 4.78 is 0. The van der Waals surface area contributed by atoms with Gasteiger partial charge in [0.05, 0.1) is 12.3 Å². The summed E-state index contributed by atoms with van der Waals surface area (Å²) in [6, 6.07) is -0.290. The van der Waals surface area contributed by atoms with E-state index in [1.165, 1.54) is 4.90 Å². The van der Waals surface area contributed by atoms with Crippen LogP contribution < -0.4 is 5.73 Å². The lowest BCUT2D eigenvalue weighted by Gasteiger charge is -2.41. The molecule has 1 rings (SSSR count). The number of amides is 3. The van der Waals surface area contributed by atoms with Crippen LogP contribution >= 0.6 is 0 Å². The van der Waals surface area contributed by atoms with Crippen molar-refractivity contribution in [1.82, 2.24) is 9.80 Å². The molecule has 7 nitrogen and oxygen atoms in total. The minimum atomic E-state index is -0.935. The molecule has 1 saturated heterocycles. The first-order valence-electron chi connectivity index (χ1n) is 7.32. The van der Waals surface area contributed by atoms with Crippen LogP contribution in [0.4, 0.5) is 4.79 Å². The molecule has 3 amide bonds. The summed E-state index contributed by atoms with van der Waals surface area (Å²) in [7, 11) is 0. The number of aliphatic carboxylic acids is 1. The predicted octanol–water partition coefficient (Wildman–Crippen LogP) is 0.877. The Morgan fingerprint density at radius 3 is 2.43 bits per heavy atom. The number of nitrogens with zero attached hydrogens (tertiary/aromatic N) is 2. The highest BCUT2D eigenvalue weighted by atomic mass is 16.4. The van der Waals surface area contributed by atoms with Crippen LogP contribution in [0.3, 0.4) is 0 Å². The van der Waals surface area contributed by atoms with Crippen molar-refractivity contribution in [3.8, 4) is 0 Å². The molecule has 21 heavy (non-hydrogen) atoms. The van der Waals surface area contributed by atoms with Crippen molar-refractivity contribution in [2.45, 2.75) is 52.1 Å². The Morgan fingerprint density at radius 1 is 1.33 bits per heavy atom. The van der Waals surface area contributed by atoms with Crippen LogP contribution in [0.25, 0.3) is 0 Å². The van der Waals surface area contributed by atoms with E-state index in [4.69, 9.17) is 10.8 Å². The molecule has 2 unspecified atom stereocenters. The van der Waals surface area contributed by atoms with Gasteiger partial charge in [-0.1, -0.05) is 0 Å². The van der Waals surface area contributed by atoms with Crippen LogP contribution in [0.1, 0.15) is 40.0 Å². The summed E-state index contributed by atoms with van der Waals surface area (Å²) in [5.74, 6) is -1.64. The summed E-state index contributed by atoms with van der Waals surface area (Å²) in [4.78, 5) is 37.9. The lowest BCUT2D eigenvalue weighted by atomic mass is 9.93. The van der Waals surface area contributed by atoms with Gasteiger partial charge in [-0.2, -0.15) is 0 Å². The van der Waals surface area contributed by atoms with Crippen LogP contribution in [-0.2, 0) is 9.59 Å². The molecular weight excluding hydrogens is 274 g/mol. The van der Waals surface area contributed by atoms with Crippen molar-refractivity contribution < 1.29 is 19.5 Å². The first-order valence-corrected chi connectivity index (χ1v) is 7.32. The highest BCUT2D eigenvalue weighted by molar-refractivity contribution is 5.80. The zero-order chi connectivity index (χ0) is 16.2. The van der Waals surface area contributed by atoms with E-state index in [2.05, 4.69) is 0 Å². The summed E-state index contributed by atoms with van der Waals surface area (Å²) >= 11 is 0. The van der Waals surface area contributed by atoms with Gasteiger partial charge < -0.3 is 20.6 Å². The third kappa shape index (κ3) is 4.61. The second-order valence-corrected chi connectivity index (χ2v) is 5.89. The molecule has 1 aliphatic heterocycles. The predicted molar refractivity (Wildman–Crippen MR) is 77.6 cm³/mol. The zero-order valence-corrected chi connectivity index (χ0v) is 12.9. The first-order chi connectivity index (χ1) is 9.73. The average molecular weight is 299 g/mol. The van der Waals surface area contributed by atoms with Crippen LogP contribution in [0.2, 0.25) is 0 Å². The van der Waals surface area contributed by atoms with Gasteiger partial charge in [-0.05, 0) is 33.6 Å². The van der Waals surface area contributed by atoms with Gasteiger partial charge in [0.25, 0.3) is 0 Å². The molecule has 3 N–H and O–H groups in total. The molecule has 1 aliphatic rings. The summed E-state index contributed by atoms with van der Waals surface area (Å²) in [5, 5.41) is 8.79. The Labute approximate surface area is 125 Å². The molecule has 0 aromatic heterocycles. The normalized spacial score (nSPS) is 22.2. The minimum absolute atomic E-state index is 0.0270. The highest BCUT2D eigenvalue weighted by Crippen LogP contribution is 2.23. The second kappa shape index (κ2) is 7.28. The van der Waals surface area contributed by atoms with Crippen molar-refractivity contribution in [1.29, 1.82) is 0 Å². The fourth-order valence-electron chi connectivity index (χ4n) is 2.56. The Kier molecular flexibility index (Phi) is 5.99. The molecule has 1 heterocycles. The molecule has 0 bridgehead atoms. The molecule has 7 heteroatoms. The van der Waals surface area contributed by atoms with Gasteiger partial charge in [0.1, 0.15) is 0 Å². The number of urea groups is 1. The summed E-state index contributed by atoms with van der Waals surface area (Å²) in [6.07, 6.45) is 1.33. The molecule has 2 atom stereocenters. The molecule has 0 aromatic rings. The minimum Gasteiger partial charge on any atom is -0.481 e. The molecular formula is C14H25N3O4. The Balaban J connectivity index is 2.80. The maximum atomic E-state index is 12.6. The fourth-order valence-corrected chi connectivity index (χ4v) is 2.56. The van der Waals surface area contributed by atoms with E-state index in [1.54, 1.807) is 4.90 Å². The van der Waals surface area contributed by atoms with E-state index in [0.717, 1.165) is 6.42 Å². The SMILES string of the molecule is CC(C)N(CCC(=O)O)C(=O)N1CC(C(N)=O)CCC1C. The topological polar surface area (TPSA) is 104 Å². The van der Waals surface area contributed by atoms with Gasteiger partial charge in [-0.25, -0.2) is 4.79 Å². The number of likely N-dealkylation sites (tertiary alicyclic amines) is 1. The largest absolute Gasteiger partial charge is 0.481 e. The lowest BCUT2D eigenvalue weighted by molar-refractivity contribution is -0.137. The summed E-state index contributed by atoms with van der Waals surface area (Å²) in [6.45, 7) is 6.10. The smallest absolute Gasteiger partial charge is 0.320 e. The van der Waals surface area contributed by atoms with Gasteiger partial charge >= 0.3 is 12.0 Å². The van der Waals surface area contributed by atoms with E-state index in [9.17, 15) is 14.4 Å². The van der Waals surface area contributed by atoms with E-state index in [1.807, 2.05) is 20.8 Å². The molecule has 0 aliphatic carbocycles. The number of carboxylic acid groups (broad SMARTS) is 1. The van der Waals surface area contributed by atoms with Gasteiger partial charge in [-0.3, -0.25) is 9.59 Å². The third-order valence-corrected chi connectivity index (χ3v) is 3.97.